The van der Waals surface area contributed by atoms with Gasteiger partial charge in [0.05, 0.1) is 0 Å². The van der Waals surface area contributed by atoms with Crippen LogP contribution in [-0.2, 0) is 0 Å². The maximum atomic E-state index is 3.73. The smallest absolute Gasteiger partial charge is 0.0220 e. The first-order valence-electron chi connectivity index (χ1n) is 8.39. The molecule has 1 aromatic carbocycles. The van der Waals surface area contributed by atoms with E-state index in [2.05, 4.69) is 47.5 Å². The first kappa shape index (κ1) is 14.1. The maximum Gasteiger partial charge on any atom is 0.0220 e. The van der Waals surface area contributed by atoms with E-state index in [1.165, 1.54) is 57.3 Å². The fraction of sp³-hybridized carbons (Fsp3) is 0.667. The van der Waals surface area contributed by atoms with E-state index in [9.17, 15) is 0 Å². The van der Waals surface area contributed by atoms with Crippen LogP contribution >= 0.6 is 0 Å². The lowest BCUT2D eigenvalue weighted by Gasteiger charge is -2.28. The summed E-state index contributed by atoms with van der Waals surface area (Å²) in [6.07, 6.45) is 6.75. The van der Waals surface area contributed by atoms with Gasteiger partial charge >= 0.3 is 0 Å². The van der Waals surface area contributed by atoms with E-state index >= 15 is 0 Å². The van der Waals surface area contributed by atoms with Crippen molar-refractivity contribution in [3.8, 4) is 0 Å². The quantitative estimate of drug-likeness (QED) is 0.818. The van der Waals surface area contributed by atoms with E-state index in [1.807, 2.05) is 0 Å². The van der Waals surface area contributed by atoms with Gasteiger partial charge < -0.3 is 5.32 Å². The molecule has 2 atom stereocenters. The summed E-state index contributed by atoms with van der Waals surface area (Å²) in [5, 5.41) is 3.73. The molecule has 1 heterocycles. The van der Waals surface area contributed by atoms with Gasteiger partial charge in [-0.3, -0.25) is 4.90 Å². The predicted molar refractivity (Wildman–Crippen MR) is 85.1 cm³/mol. The molecule has 2 heteroatoms. The van der Waals surface area contributed by atoms with Crippen molar-refractivity contribution in [2.75, 3.05) is 19.6 Å². The fourth-order valence-corrected chi connectivity index (χ4v) is 3.45. The lowest BCUT2D eigenvalue weighted by atomic mass is 9.99. The molecule has 20 heavy (non-hydrogen) atoms. The van der Waals surface area contributed by atoms with Gasteiger partial charge in [0, 0.05) is 25.2 Å². The predicted octanol–water partition coefficient (Wildman–Crippen LogP) is 3.40. The minimum absolute atomic E-state index is 0.745. The van der Waals surface area contributed by atoms with Gasteiger partial charge in [0.2, 0.25) is 0 Å². The molecule has 1 saturated carbocycles. The van der Waals surface area contributed by atoms with Crippen LogP contribution in [0.1, 0.15) is 50.5 Å². The van der Waals surface area contributed by atoms with E-state index < -0.39 is 0 Å². The van der Waals surface area contributed by atoms with Crippen molar-refractivity contribution < 1.29 is 0 Å². The lowest BCUT2D eigenvalue weighted by molar-refractivity contribution is 0.220. The molecule has 2 fully saturated rings. The fourth-order valence-electron chi connectivity index (χ4n) is 3.45. The number of nitrogens with one attached hydrogen (secondary N) is 1. The van der Waals surface area contributed by atoms with Crippen molar-refractivity contribution in [1.82, 2.24) is 10.2 Å². The molecule has 0 spiro atoms. The monoisotopic (exact) mass is 272 g/mol. The van der Waals surface area contributed by atoms with Gasteiger partial charge in [0.1, 0.15) is 0 Å². The molecule has 1 saturated heterocycles. The Hall–Kier alpha value is -0.860. The minimum Gasteiger partial charge on any atom is -0.312 e. The highest BCUT2D eigenvalue weighted by Gasteiger charge is 2.30. The summed E-state index contributed by atoms with van der Waals surface area (Å²) in [7, 11) is 0. The Morgan fingerprint density at radius 1 is 1.20 bits per heavy atom. The summed E-state index contributed by atoms with van der Waals surface area (Å²) < 4.78 is 0. The Morgan fingerprint density at radius 3 is 2.70 bits per heavy atom. The maximum absolute atomic E-state index is 3.73. The highest BCUT2D eigenvalue weighted by atomic mass is 15.2. The van der Waals surface area contributed by atoms with Crippen molar-refractivity contribution >= 4 is 0 Å². The van der Waals surface area contributed by atoms with Crippen LogP contribution in [0.2, 0.25) is 0 Å². The molecule has 110 valence electrons. The standard InChI is InChI=1S/C18H28N2/c1-2-6-18(13-19-17-9-10-17)20-12-11-16(14-20)15-7-4-3-5-8-15/h3-5,7-8,16-19H,2,6,9-14H2,1H3. The van der Waals surface area contributed by atoms with Gasteiger partial charge in [-0.25, -0.2) is 0 Å². The Morgan fingerprint density at radius 2 is 2.00 bits per heavy atom. The van der Waals surface area contributed by atoms with Crippen molar-refractivity contribution in [2.24, 2.45) is 0 Å². The summed E-state index contributed by atoms with van der Waals surface area (Å²) >= 11 is 0. The third kappa shape index (κ3) is 3.62. The van der Waals surface area contributed by atoms with Crippen molar-refractivity contribution in [1.29, 1.82) is 0 Å². The lowest BCUT2D eigenvalue weighted by Crippen LogP contribution is -2.41. The van der Waals surface area contributed by atoms with Crippen LogP contribution in [-0.4, -0.2) is 36.6 Å². The molecule has 1 aromatic rings. The second-order valence-corrected chi connectivity index (χ2v) is 6.52. The Kier molecular flexibility index (Phi) is 4.74. The van der Waals surface area contributed by atoms with Gasteiger partial charge in [0.15, 0.2) is 0 Å². The molecule has 1 aliphatic carbocycles. The molecule has 2 unspecified atom stereocenters. The summed E-state index contributed by atoms with van der Waals surface area (Å²) in [5.74, 6) is 0.747. The Balaban J connectivity index is 1.55. The van der Waals surface area contributed by atoms with E-state index in [4.69, 9.17) is 0 Å². The average Bonchev–Trinajstić information content (AvgIpc) is 3.19. The molecule has 0 radical (unpaired) electrons. The SMILES string of the molecule is CCCC(CNC1CC1)N1CCC(c2ccccc2)C1. The molecule has 0 aromatic heterocycles. The van der Waals surface area contributed by atoms with E-state index in [0.29, 0.717) is 0 Å². The largest absolute Gasteiger partial charge is 0.312 e. The van der Waals surface area contributed by atoms with Gasteiger partial charge in [-0.1, -0.05) is 43.7 Å². The van der Waals surface area contributed by atoms with Gasteiger partial charge in [-0.05, 0) is 43.7 Å². The normalized spacial score (nSPS) is 24.9. The molecule has 1 N–H and O–H groups in total. The first-order chi connectivity index (χ1) is 9.86. The van der Waals surface area contributed by atoms with Crippen LogP contribution in [0.4, 0.5) is 0 Å². The zero-order chi connectivity index (χ0) is 13.8. The van der Waals surface area contributed by atoms with Crippen LogP contribution in [0, 0.1) is 0 Å². The topological polar surface area (TPSA) is 15.3 Å². The number of hydrogen-bond donors (Lipinski definition) is 1. The van der Waals surface area contributed by atoms with Crippen LogP contribution in [0.5, 0.6) is 0 Å². The third-order valence-corrected chi connectivity index (χ3v) is 4.85. The Bertz CT molecular complexity index is 399. The first-order valence-corrected chi connectivity index (χ1v) is 8.39. The molecule has 3 rings (SSSR count). The van der Waals surface area contributed by atoms with Crippen molar-refractivity contribution in [2.45, 2.75) is 57.0 Å². The molecule has 0 amide bonds. The van der Waals surface area contributed by atoms with Crippen molar-refractivity contribution in [3.05, 3.63) is 35.9 Å². The van der Waals surface area contributed by atoms with E-state index in [1.54, 1.807) is 0 Å². The summed E-state index contributed by atoms with van der Waals surface area (Å²) in [4.78, 5) is 2.73. The van der Waals surface area contributed by atoms with Crippen molar-refractivity contribution in [3.63, 3.8) is 0 Å². The zero-order valence-corrected chi connectivity index (χ0v) is 12.7. The zero-order valence-electron chi connectivity index (χ0n) is 12.7. The number of rotatable bonds is 7. The molecular weight excluding hydrogens is 244 g/mol. The molecule has 0 bridgehead atoms. The van der Waals surface area contributed by atoms with Gasteiger partial charge in [0.25, 0.3) is 0 Å². The summed E-state index contributed by atoms with van der Waals surface area (Å²) in [6.45, 7) is 6.03. The van der Waals surface area contributed by atoms with E-state index in [-0.39, 0.29) is 0 Å². The Labute approximate surface area is 123 Å². The molecule has 2 aliphatic rings. The number of benzene rings is 1. The van der Waals surface area contributed by atoms with Crippen LogP contribution < -0.4 is 5.32 Å². The second kappa shape index (κ2) is 6.73. The molecular formula is C18H28N2. The third-order valence-electron chi connectivity index (χ3n) is 4.85. The van der Waals surface area contributed by atoms with E-state index in [0.717, 1.165) is 18.0 Å². The van der Waals surface area contributed by atoms with Crippen LogP contribution in [0.25, 0.3) is 0 Å². The van der Waals surface area contributed by atoms with Gasteiger partial charge in [-0.2, -0.15) is 0 Å². The average molecular weight is 272 g/mol. The summed E-state index contributed by atoms with van der Waals surface area (Å²) in [5.41, 5.74) is 1.53. The number of likely N-dealkylation sites (tertiary alicyclic amines) is 1. The van der Waals surface area contributed by atoms with Gasteiger partial charge in [-0.15, -0.1) is 0 Å². The molecule has 1 aliphatic heterocycles. The summed E-state index contributed by atoms with van der Waals surface area (Å²) in [6, 6.07) is 12.6. The highest BCUT2D eigenvalue weighted by Crippen LogP contribution is 2.29. The number of nitrogens with zero attached hydrogens (tertiary/aromatic N) is 1. The number of hydrogen-bond acceptors (Lipinski definition) is 2. The van der Waals surface area contributed by atoms with Crippen LogP contribution in [0.3, 0.4) is 0 Å². The highest BCUT2D eigenvalue weighted by molar-refractivity contribution is 5.21. The van der Waals surface area contributed by atoms with Crippen LogP contribution in [0.15, 0.2) is 30.3 Å². The molecule has 2 nitrogen and oxygen atoms in total. The minimum atomic E-state index is 0.745. The second-order valence-electron chi connectivity index (χ2n) is 6.52.